The van der Waals surface area contributed by atoms with Crippen LogP contribution >= 0.6 is 0 Å². The van der Waals surface area contributed by atoms with Crippen LogP contribution in [0.25, 0.3) is 22.2 Å². The maximum atomic E-state index is 13.6. The minimum atomic E-state index is -0.617. The van der Waals surface area contributed by atoms with Crippen molar-refractivity contribution in [2.24, 2.45) is 0 Å². The molecule has 2 aliphatic rings. The van der Waals surface area contributed by atoms with Gasteiger partial charge in [0.2, 0.25) is 0 Å². The average Bonchev–Trinajstić information content (AvgIpc) is 3.45. The van der Waals surface area contributed by atoms with E-state index in [0.717, 1.165) is 60.2 Å². The third-order valence-electron chi connectivity index (χ3n) is 7.54. The Bertz CT molecular complexity index is 1320. The van der Waals surface area contributed by atoms with Crippen molar-refractivity contribution in [3.05, 3.63) is 66.0 Å². The fraction of sp³-hybridized carbons (Fsp3) is 0.407. The summed E-state index contributed by atoms with van der Waals surface area (Å²) < 4.78 is 35.4. The van der Waals surface area contributed by atoms with Crippen molar-refractivity contribution in [2.75, 3.05) is 13.1 Å². The van der Waals surface area contributed by atoms with Gasteiger partial charge in [0.05, 0.1) is 17.8 Å². The molecule has 2 aromatic carbocycles. The summed E-state index contributed by atoms with van der Waals surface area (Å²) >= 11 is 0. The van der Waals surface area contributed by atoms with Gasteiger partial charge in [-0.1, -0.05) is 6.42 Å². The van der Waals surface area contributed by atoms with Crippen molar-refractivity contribution in [1.29, 1.82) is 0 Å². The number of nitrogens with zero attached hydrogens (tertiary/aromatic N) is 4. The fourth-order valence-electron chi connectivity index (χ4n) is 5.30. The number of H-pyrrole nitrogens is 1. The zero-order valence-corrected chi connectivity index (χ0v) is 19.8. The van der Waals surface area contributed by atoms with Gasteiger partial charge < -0.3 is 9.64 Å². The van der Waals surface area contributed by atoms with Gasteiger partial charge in [-0.2, -0.15) is 10.2 Å². The lowest BCUT2D eigenvalue weighted by atomic mass is 9.89. The molecular formula is C27H29F2N5O. The Hall–Kier alpha value is -3.26. The zero-order valence-electron chi connectivity index (χ0n) is 19.8. The van der Waals surface area contributed by atoms with E-state index in [-0.39, 0.29) is 0 Å². The molecule has 1 aliphatic heterocycles. The number of aromatic amines is 1. The van der Waals surface area contributed by atoms with Crippen molar-refractivity contribution in [2.45, 2.75) is 57.2 Å². The first-order valence-electron chi connectivity index (χ1n) is 12.4. The number of rotatable bonds is 6. The number of aromatic nitrogens is 4. The second-order valence-electron chi connectivity index (χ2n) is 9.80. The Labute approximate surface area is 202 Å². The lowest BCUT2D eigenvalue weighted by molar-refractivity contribution is 0.0842. The molecule has 1 saturated carbocycles. The van der Waals surface area contributed by atoms with E-state index in [1.807, 2.05) is 24.4 Å². The highest BCUT2D eigenvalue weighted by atomic mass is 19.1. The van der Waals surface area contributed by atoms with Gasteiger partial charge in [0.25, 0.3) is 0 Å². The van der Waals surface area contributed by atoms with Crippen LogP contribution in [0.4, 0.5) is 8.78 Å². The lowest BCUT2D eigenvalue weighted by Crippen LogP contribution is -2.45. The number of hydrogen-bond donors (Lipinski definition) is 1. The molecule has 1 unspecified atom stereocenters. The molecule has 4 aromatic rings. The Morgan fingerprint density at radius 2 is 1.77 bits per heavy atom. The van der Waals surface area contributed by atoms with Gasteiger partial charge in [0, 0.05) is 42.3 Å². The smallest absolute Gasteiger partial charge is 0.126 e. The van der Waals surface area contributed by atoms with Gasteiger partial charge in [0.15, 0.2) is 0 Å². The molecule has 6 nitrogen and oxygen atoms in total. The Kier molecular flexibility index (Phi) is 5.76. The third-order valence-corrected chi connectivity index (χ3v) is 7.54. The number of ether oxygens (including phenoxy) is 1. The third kappa shape index (κ3) is 4.43. The normalized spacial score (nSPS) is 18.6. The van der Waals surface area contributed by atoms with Crippen LogP contribution in [0.2, 0.25) is 0 Å². The maximum Gasteiger partial charge on any atom is 0.126 e. The highest BCUT2D eigenvalue weighted by Gasteiger charge is 2.29. The van der Waals surface area contributed by atoms with Crippen molar-refractivity contribution in [3.8, 4) is 17.0 Å². The van der Waals surface area contributed by atoms with Crippen LogP contribution in [0.3, 0.4) is 0 Å². The molecule has 1 N–H and O–H groups in total. The Balaban J connectivity index is 1.19. The first-order chi connectivity index (χ1) is 17.0. The SMILES string of the molecule is CC(Oc1ccc2[nH]nc(-c3cnn(C4CCN(C5CCC5)CC4)c3)c2c1)c1cc(F)cc(F)c1. The van der Waals surface area contributed by atoms with Crippen LogP contribution in [0.15, 0.2) is 48.8 Å². The molecule has 0 bridgehead atoms. The molecule has 0 radical (unpaired) electrons. The maximum absolute atomic E-state index is 13.6. The van der Waals surface area contributed by atoms with Crippen LogP contribution in [0.5, 0.6) is 5.75 Å². The van der Waals surface area contributed by atoms with E-state index < -0.39 is 17.7 Å². The summed E-state index contributed by atoms with van der Waals surface area (Å²) in [7, 11) is 0. The molecular weight excluding hydrogens is 448 g/mol. The topological polar surface area (TPSA) is 59.0 Å². The van der Waals surface area contributed by atoms with Crippen LogP contribution in [0, 0.1) is 11.6 Å². The Morgan fingerprint density at radius 3 is 2.49 bits per heavy atom. The van der Waals surface area contributed by atoms with E-state index in [9.17, 15) is 8.78 Å². The van der Waals surface area contributed by atoms with E-state index in [2.05, 4.69) is 31.1 Å². The van der Waals surface area contributed by atoms with E-state index >= 15 is 0 Å². The second kappa shape index (κ2) is 9.07. The number of benzene rings is 2. The van der Waals surface area contributed by atoms with E-state index in [1.54, 1.807) is 6.92 Å². The van der Waals surface area contributed by atoms with Gasteiger partial charge in [-0.25, -0.2) is 8.78 Å². The number of likely N-dealkylation sites (tertiary alicyclic amines) is 1. The summed E-state index contributed by atoms with van der Waals surface area (Å²) in [6.07, 6.45) is 9.77. The van der Waals surface area contributed by atoms with Crippen LogP contribution < -0.4 is 4.74 Å². The summed E-state index contributed by atoms with van der Waals surface area (Å²) in [5, 5.41) is 13.2. The summed E-state index contributed by atoms with van der Waals surface area (Å²) in [6.45, 7) is 4.06. The van der Waals surface area contributed by atoms with Crippen LogP contribution in [-0.4, -0.2) is 44.0 Å². The molecule has 1 aliphatic carbocycles. The molecule has 2 aromatic heterocycles. The molecule has 2 fully saturated rings. The number of piperidine rings is 1. The molecule has 1 saturated heterocycles. The fourth-order valence-corrected chi connectivity index (χ4v) is 5.30. The van der Waals surface area contributed by atoms with Crippen molar-refractivity contribution < 1.29 is 13.5 Å². The molecule has 8 heteroatoms. The molecule has 35 heavy (non-hydrogen) atoms. The first kappa shape index (κ1) is 22.2. The van der Waals surface area contributed by atoms with Crippen LogP contribution in [-0.2, 0) is 0 Å². The number of fused-ring (bicyclic) bond motifs is 1. The summed E-state index contributed by atoms with van der Waals surface area (Å²) in [5.41, 5.74) is 3.10. The molecule has 6 rings (SSSR count). The van der Waals surface area contributed by atoms with Gasteiger partial charge in [-0.15, -0.1) is 0 Å². The monoisotopic (exact) mass is 477 g/mol. The molecule has 0 amide bonds. The summed E-state index contributed by atoms with van der Waals surface area (Å²) in [5.74, 6) is -0.629. The largest absolute Gasteiger partial charge is 0.486 e. The van der Waals surface area contributed by atoms with Gasteiger partial charge in [-0.05, 0) is 68.5 Å². The Morgan fingerprint density at radius 1 is 1.00 bits per heavy atom. The first-order valence-corrected chi connectivity index (χ1v) is 12.4. The summed E-state index contributed by atoms with van der Waals surface area (Å²) in [6, 6.07) is 10.3. The minimum absolute atomic E-state index is 0.414. The minimum Gasteiger partial charge on any atom is -0.486 e. The lowest BCUT2D eigenvalue weighted by Gasteiger charge is -2.41. The second-order valence-corrected chi connectivity index (χ2v) is 9.80. The molecule has 182 valence electrons. The van der Waals surface area contributed by atoms with Crippen LogP contribution in [0.1, 0.15) is 56.7 Å². The number of nitrogens with one attached hydrogen (secondary N) is 1. The predicted octanol–water partition coefficient (Wildman–Crippen LogP) is 6.03. The highest BCUT2D eigenvalue weighted by molar-refractivity contribution is 5.93. The van der Waals surface area contributed by atoms with E-state index in [0.29, 0.717) is 17.4 Å². The van der Waals surface area contributed by atoms with Gasteiger partial charge in [0.1, 0.15) is 29.2 Å². The van der Waals surface area contributed by atoms with Crippen molar-refractivity contribution in [3.63, 3.8) is 0 Å². The molecule has 1 atom stereocenters. The van der Waals surface area contributed by atoms with E-state index in [1.165, 1.54) is 31.4 Å². The zero-order chi connectivity index (χ0) is 23.9. The highest BCUT2D eigenvalue weighted by Crippen LogP contribution is 2.34. The van der Waals surface area contributed by atoms with Gasteiger partial charge in [-0.3, -0.25) is 9.78 Å². The predicted molar refractivity (Wildman–Crippen MR) is 130 cm³/mol. The molecule has 3 heterocycles. The molecule has 0 spiro atoms. The van der Waals surface area contributed by atoms with Crippen molar-refractivity contribution in [1.82, 2.24) is 24.9 Å². The standard InChI is InChI=1S/C27H29F2N5O/c1-17(18-11-20(28)13-21(29)12-18)35-24-5-6-26-25(14-24)27(32-31-26)19-15-30-34(16-19)23-7-9-33(10-8-23)22-3-2-4-22/h5-6,11-17,22-23H,2-4,7-10H2,1H3,(H,31,32). The van der Waals surface area contributed by atoms with E-state index in [4.69, 9.17) is 4.74 Å². The van der Waals surface area contributed by atoms with Gasteiger partial charge >= 0.3 is 0 Å². The number of halogens is 2. The average molecular weight is 478 g/mol. The summed E-state index contributed by atoms with van der Waals surface area (Å²) in [4.78, 5) is 2.65. The quantitative estimate of drug-likeness (QED) is 0.368. The number of hydrogen-bond acceptors (Lipinski definition) is 4. The van der Waals surface area contributed by atoms with Crippen molar-refractivity contribution >= 4 is 10.9 Å².